The second kappa shape index (κ2) is 9.13. The smallest absolute Gasteiger partial charge is 0.278 e. The summed E-state index contributed by atoms with van der Waals surface area (Å²) >= 11 is 0. The maximum atomic E-state index is 12.5. The fourth-order valence-electron chi connectivity index (χ4n) is 3.33. The summed E-state index contributed by atoms with van der Waals surface area (Å²) in [4.78, 5) is 25.3. The highest BCUT2D eigenvalue weighted by molar-refractivity contribution is 5.81. The standard InChI is InChI=1S/C17H33N3O2/c1-6-18-16(21)11-20(7-2)14(5)17(22)19-15-10-8-9-12(3)13(15)4/h12-15H,6-11H2,1-5H3,(H,18,21)(H,19,22)/p+1/t12-,13-,14+,15+/m0/s1. The molecule has 1 aliphatic carbocycles. The van der Waals surface area contributed by atoms with E-state index >= 15 is 0 Å². The van der Waals surface area contributed by atoms with Crippen molar-refractivity contribution in [1.82, 2.24) is 10.6 Å². The molecule has 5 atom stereocenters. The summed E-state index contributed by atoms with van der Waals surface area (Å²) in [5.41, 5.74) is 0. The minimum absolute atomic E-state index is 0.0126. The van der Waals surface area contributed by atoms with Gasteiger partial charge in [0.15, 0.2) is 12.6 Å². The molecule has 0 aromatic carbocycles. The minimum Gasteiger partial charge on any atom is -0.351 e. The number of hydrogen-bond acceptors (Lipinski definition) is 2. The zero-order chi connectivity index (χ0) is 16.7. The van der Waals surface area contributed by atoms with Gasteiger partial charge in [0.25, 0.3) is 11.8 Å². The molecule has 1 rings (SSSR count). The molecule has 2 amide bonds. The lowest BCUT2D eigenvalue weighted by molar-refractivity contribution is -0.904. The van der Waals surface area contributed by atoms with E-state index in [9.17, 15) is 9.59 Å². The Balaban J connectivity index is 2.56. The third kappa shape index (κ3) is 5.27. The van der Waals surface area contributed by atoms with Gasteiger partial charge < -0.3 is 15.5 Å². The molecule has 1 unspecified atom stereocenters. The van der Waals surface area contributed by atoms with Gasteiger partial charge in [-0.05, 0) is 39.0 Å². The van der Waals surface area contributed by atoms with Gasteiger partial charge in [0.1, 0.15) is 0 Å². The molecule has 0 aromatic rings. The van der Waals surface area contributed by atoms with Crippen molar-refractivity contribution in [3.63, 3.8) is 0 Å². The topological polar surface area (TPSA) is 62.6 Å². The van der Waals surface area contributed by atoms with E-state index in [2.05, 4.69) is 24.5 Å². The van der Waals surface area contributed by atoms with Crippen LogP contribution >= 0.6 is 0 Å². The third-order valence-corrected chi connectivity index (χ3v) is 5.26. The van der Waals surface area contributed by atoms with Gasteiger partial charge in [-0.1, -0.05) is 26.7 Å². The average Bonchev–Trinajstić information content (AvgIpc) is 2.49. The first-order valence-electron chi connectivity index (χ1n) is 8.82. The van der Waals surface area contributed by atoms with E-state index < -0.39 is 0 Å². The van der Waals surface area contributed by atoms with E-state index in [0.717, 1.165) is 17.9 Å². The molecule has 128 valence electrons. The number of amides is 2. The van der Waals surface area contributed by atoms with Crippen molar-refractivity contribution in [2.24, 2.45) is 11.8 Å². The SMILES string of the molecule is CCNC(=O)C[NH+](CC)[C@H](C)C(=O)N[C@@H]1CCC[C@H](C)[C@@H]1C. The molecule has 0 saturated heterocycles. The molecule has 0 aromatic heterocycles. The Morgan fingerprint density at radius 2 is 1.91 bits per heavy atom. The summed E-state index contributed by atoms with van der Waals surface area (Å²) in [6.45, 7) is 12.1. The van der Waals surface area contributed by atoms with Crippen molar-refractivity contribution in [2.45, 2.75) is 66.0 Å². The molecule has 22 heavy (non-hydrogen) atoms. The molecule has 1 fully saturated rings. The Morgan fingerprint density at radius 3 is 2.50 bits per heavy atom. The van der Waals surface area contributed by atoms with Gasteiger partial charge in [0.2, 0.25) is 0 Å². The van der Waals surface area contributed by atoms with E-state index in [1.54, 1.807) is 0 Å². The molecule has 0 spiro atoms. The Kier molecular flexibility index (Phi) is 7.87. The zero-order valence-corrected chi connectivity index (χ0v) is 14.9. The molecule has 0 bridgehead atoms. The van der Waals surface area contributed by atoms with Crippen molar-refractivity contribution >= 4 is 11.8 Å². The summed E-state index contributed by atoms with van der Waals surface area (Å²) < 4.78 is 0. The quantitative estimate of drug-likeness (QED) is 0.635. The van der Waals surface area contributed by atoms with Gasteiger partial charge in [-0.2, -0.15) is 0 Å². The van der Waals surface area contributed by atoms with E-state index in [1.807, 2.05) is 20.8 Å². The number of rotatable bonds is 7. The van der Waals surface area contributed by atoms with Gasteiger partial charge in [0, 0.05) is 12.6 Å². The predicted octanol–water partition coefficient (Wildman–Crippen LogP) is 0.357. The van der Waals surface area contributed by atoms with Crippen molar-refractivity contribution in [3.8, 4) is 0 Å². The zero-order valence-electron chi connectivity index (χ0n) is 14.9. The van der Waals surface area contributed by atoms with Crippen LogP contribution < -0.4 is 15.5 Å². The molecule has 0 aliphatic heterocycles. The number of hydrogen-bond donors (Lipinski definition) is 3. The molecular formula is C17H34N3O2+. The van der Waals surface area contributed by atoms with Gasteiger partial charge in [-0.25, -0.2) is 0 Å². The number of nitrogens with one attached hydrogen (secondary N) is 3. The number of likely N-dealkylation sites (N-methyl/N-ethyl adjacent to an activating group) is 2. The first kappa shape index (κ1) is 18.9. The highest BCUT2D eigenvalue weighted by Crippen LogP contribution is 2.29. The molecule has 0 radical (unpaired) electrons. The number of quaternary nitrogens is 1. The largest absolute Gasteiger partial charge is 0.351 e. The monoisotopic (exact) mass is 312 g/mol. The molecular weight excluding hydrogens is 278 g/mol. The highest BCUT2D eigenvalue weighted by atomic mass is 16.2. The molecule has 3 N–H and O–H groups in total. The maximum Gasteiger partial charge on any atom is 0.278 e. The fraction of sp³-hybridized carbons (Fsp3) is 0.882. The Bertz CT molecular complexity index is 373. The van der Waals surface area contributed by atoms with Crippen molar-refractivity contribution in [2.75, 3.05) is 19.6 Å². The van der Waals surface area contributed by atoms with Crippen LogP contribution in [0.2, 0.25) is 0 Å². The van der Waals surface area contributed by atoms with E-state index in [1.165, 1.54) is 12.8 Å². The van der Waals surface area contributed by atoms with Crippen molar-refractivity contribution in [3.05, 3.63) is 0 Å². The van der Waals surface area contributed by atoms with Crippen LogP contribution in [-0.2, 0) is 9.59 Å². The van der Waals surface area contributed by atoms with Crippen LogP contribution in [0.3, 0.4) is 0 Å². The third-order valence-electron chi connectivity index (χ3n) is 5.26. The second-order valence-corrected chi connectivity index (χ2v) is 6.75. The summed E-state index contributed by atoms with van der Waals surface area (Å²) in [7, 11) is 0. The lowest BCUT2D eigenvalue weighted by atomic mass is 9.78. The van der Waals surface area contributed by atoms with Gasteiger partial charge in [-0.3, -0.25) is 9.59 Å². The first-order valence-corrected chi connectivity index (χ1v) is 8.82. The summed E-state index contributed by atoms with van der Waals surface area (Å²) in [6.07, 6.45) is 3.52. The molecule has 1 saturated carbocycles. The van der Waals surface area contributed by atoms with Crippen LogP contribution in [0.25, 0.3) is 0 Å². The summed E-state index contributed by atoms with van der Waals surface area (Å²) in [6, 6.07) is 0.0818. The van der Waals surface area contributed by atoms with E-state index in [0.29, 0.717) is 24.9 Å². The molecule has 0 heterocycles. The van der Waals surface area contributed by atoms with E-state index in [4.69, 9.17) is 0 Å². The van der Waals surface area contributed by atoms with Crippen molar-refractivity contribution < 1.29 is 14.5 Å². The molecule has 1 aliphatic rings. The summed E-state index contributed by atoms with van der Waals surface area (Å²) in [5.74, 6) is 1.28. The Hall–Kier alpha value is -1.10. The van der Waals surface area contributed by atoms with Crippen LogP contribution in [0.5, 0.6) is 0 Å². The Morgan fingerprint density at radius 1 is 1.23 bits per heavy atom. The van der Waals surface area contributed by atoms with Gasteiger partial charge in [0.05, 0.1) is 6.54 Å². The van der Waals surface area contributed by atoms with Gasteiger partial charge >= 0.3 is 0 Å². The first-order chi connectivity index (χ1) is 10.4. The van der Waals surface area contributed by atoms with E-state index in [-0.39, 0.29) is 23.9 Å². The molecule has 5 nitrogen and oxygen atoms in total. The van der Waals surface area contributed by atoms with Crippen LogP contribution in [0.4, 0.5) is 0 Å². The lowest BCUT2D eigenvalue weighted by Gasteiger charge is -2.35. The fourth-order valence-corrected chi connectivity index (χ4v) is 3.33. The molecule has 5 heteroatoms. The van der Waals surface area contributed by atoms with Crippen molar-refractivity contribution in [1.29, 1.82) is 0 Å². The van der Waals surface area contributed by atoms with Crippen LogP contribution in [0, 0.1) is 11.8 Å². The minimum atomic E-state index is -0.197. The average molecular weight is 312 g/mol. The predicted molar refractivity (Wildman–Crippen MR) is 88.6 cm³/mol. The van der Waals surface area contributed by atoms with Crippen LogP contribution in [-0.4, -0.2) is 43.5 Å². The second-order valence-electron chi connectivity index (χ2n) is 6.75. The lowest BCUT2D eigenvalue weighted by Crippen LogP contribution is -3.17. The highest BCUT2D eigenvalue weighted by Gasteiger charge is 2.32. The normalized spacial score (nSPS) is 27.8. The number of carbonyl (C=O) groups is 2. The maximum absolute atomic E-state index is 12.5. The summed E-state index contributed by atoms with van der Waals surface area (Å²) in [5, 5.41) is 6.03. The van der Waals surface area contributed by atoms with Crippen LogP contribution in [0.15, 0.2) is 0 Å². The number of carbonyl (C=O) groups excluding carboxylic acids is 2. The Labute approximate surface area is 135 Å². The van der Waals surface area contributed by atoms with Gasteiger partial charge in [-0.15, -0.1) is 0 Å². The van der Waals surface area contributed by atoms with Crippen LogP contribution in [0.1, 0.15) is 53.9 Å².